The minimum atomic E-state index is -0.550. The quantitative estimate of drug-likeness (QED) is 0.522. The summed E-state index contributed by atoms with van der Waals surface area (Å²) in [5.41, 5.74) is 4.18. The molecule has 0 fully saturated rings. The molecule has 0 aliphatic heterocycles. The first kappa shape index (κ1) is 18.7. The topological polar surface area (TPSA) is 77.1 Å². The van der Waals surface area contributed by atoms with Gasteiger partial charge in [0.25, 0.3) is 0 Å². The molecular formula is C23H21N3O3. The van der Waals surface area contributed by atoms with Crippen molar-refractivity contribution in [3.63, 3.8) is 0 Å². The number of carbonyl (C=O) groups is 1. The second-order valence-electron chi connectivity index (χ2n) is 7.04. The van der Waals surface area contributed by atoms with Crippen LogP contribution < -0.4 is 10.9 Å². The molecule has 0 saturated carbocycles. The van der Waals surface area contributed by atoms with E-state index in [4.69, 9.17) is 4.42 Å². The average molecular weight is 387 g/mol. The van der Waals surface area contributed by atoms with Crippen LogP contribution in [0.4, 0.5) is 5.69 Å². The summed E-state index contributed by atoms with van der Waals surface area (Å²) in [7, 11) is 0. The van der Waals surface area contributed by atoms with Crippen molar-refractivity contribution in [2.75, 3.05) is 5.32 Å². The van der Waals surface area contributed by atoms with Gasteiger partial charge in [0.15, 0.2) is 0 Å². The molecule has 6 heteroatoms. The Morgan fingerprint density at radius 2 is 1.83 bits per heavy atom. The highest BCUT2D eigenvalue weighted by Crippen LogP contribution is 2.16. The largest absolute Gasteiger partial charge is 0.421 e. The normalized spacial score (nSPS) is 11.0. The van der Waals surface area contributed by atoms with Gasteiger partial charge >= 0.3 is 5.63 Å². The molecule has 2 aromatic carbocycles. The van der Waals surface area contributed by atoms with Crippen LogP contribution >= 0.6 is 0 Å². The maximum Gasteiger partial charge on any atom is 0.360 e. The predicted molar refractivity (Wildman–Crippen MR) is 112 cm³/mol. The van der Waals surface area contributed by atoms with Crippen LogP contribution in [-0.4, -0.2) is 15.7 Å². The first-order valence-electron chi connectivity index (χ1n) is 9.45. The van der Waals surface area contributed by atoms with Gasteiger partial charge in [0.05, 0.1) is 11.4 Å². The van der Waals surface area contributed by atoms with Crippen LogP contribution in [0.1, 0.15) is 23.4 Å². The lowest BCUT2D eigenvalue weighted by atomic mass is 10.1. The molecule has 6 nitrogen and oxygen atoms in total. The van der Waals surface area contributed by atoms with E-state index in [1.807, 2.05) is 61.0 Å². The lowest BCUT2D eigenvalue weighted by Crippen LogP contribution is -2.18. The van der Waals surface area contributed by atoms with Crippen LogP contribution in [0, 0.1) is 13.8 Å². The van der Waals surface area contributed by atoms with E-state index >= 15 is 0 Å². The van der Waals surface area contributed by atoms with Crippen molar-refractivity contribution in [2.24, 2.45) is 0 Å². The van der Waals surface area contributed by atoms with Crippen LogP contribution in [0.15, 0.2) is 69.9 Å². The van der Waals surface area contributed by atoms with Crippen molar-refractivity contribution < 1.29 is 9.21 Å². The van der Waals surface area contributed by atoms with E-state index in [1.54, 1.807) is 18.2 Å². The van der Waals surface area contributed by atoms with Gasteiger partial charge in [0, 0.05) is 17.5 Å². The van der Waals surface area contributed by atoms with Crippen molar-refractivity contribution in [3.05, 3.63) is 88.0 Å². The smallest absolute Gasteiger partial charge is 0.360 e. The summed E-state index contributed by atoms with van der Waals surface area (Å²) in [6.45, 7) is 3.98. The van der Waals surface area contributed by atoms with Crippen LogP contribution in [0.2, 0.25) is 0 Å². The molecule has 0 radical (unpaired) electrons. The Labute approximate surface area is 167 Å². The number of hydrogen-bond donors (Lipinski definition) is 1. The number of rotatable bonds is 5. The summed E-state index contributed by atoms with van der Waals surface area (Å²) >= 11 is 0. The van der Waals surface area contributed by atoms with Crippen LogP contribution in [-0.2, 0) is 11.2 Å². The van der Waals surface area contributed by atoms with Crippen LogP contribution in [0.5, 0.6) is 0 Å². The van der Waals surface area contributed by atoms with Gasteiger partial charge in [-0.3, -0.25) is 4.79 Å². The molecule has 0 aliphatic carbocycles. The van der Waals surface area contributed by atoms with Crippen molar-refractivity contribution >= 4 is 22.6 Å². The fourth-order valence-corrected chi connectivity index (χ4v) is 3.31. The molecule has 1 amide bonds. The number of aryl methyl sites for hydroxylation is 3. The van der Waals surface area contributed by atoms with Gasteiger partial charge in [0.2, 0.25) is 5.91 Å². The molecule has 1 N–H and O–H groups in total. The molecular weight excluding hydrogens is 366 g/mol. The maximum atomic E-state index is 12.3. The van der Waals surface area contributed by atoms with Crippen molar-refractivity contribution in [2.45, 2.75) is 26.7 Å². The zero-order valence-electron chi connectivity index (χ0n) is 16.3. The number of nitrogens with one attached hydrogen (secondary N) is 1. The standard InChI is InChI=1S/C23H21N3O3/c1-15-13-16(2)26(25-15)19-10-7-17(8-11-19)9-12-22(27)24-20-14-18-5-3-4-6-21(18)29-23(20)28/h3-8,10-11,13-14H,9,12H2,1-2H3,(H,24,27). The monoisotopic (exact) mass is 387 g/mol. The number of aromatic nitrogens is 2. The molecule has 0 saturated heterocycles. The molecule has 4 aromatic rings. The Morgan fingerprint density at radius 1 is 1.07 bits per heavy atom. The molecule has 2 heterocycles. The van der Waals surface area contributed by atoms with Gasteiger partial charge in [-0.2, -0.15) is 5.10 Å². The molecule has 2 aromatic heterocycles. The molecule has 0 bridgehead atoms. The molecule has 4 rings (SSSR count). The summed E-state index contributed by atoms with van der Waals surface area (Å²) in [6, 6.07) is 18.8. The second-order valence-corrected chi connectivity index (χ2v) is 7.04. The van der Waals surface area contributed by atoms with Crippen molar-refractivity contribution in [1.82, 2.24) is 9.78 Å². The summed E-state index contributed by atoms with van der Waals surface area (Å²) in [6.07, 6.45) is 0.841. The van der Waals surface area contributed by atoms with E-state index in [2.05, 4.69) is 10.4 Å². The lowest BCUT2D eigenvalue weighted by molar-refractivity contribution is -0.116. The van der Waals surface area contributed by atoms with E-state index in [1.165, 1.54) is 0 Å². The zero-order chi connectivity index (χ0) is 20.4. The first-order valence-corrected chi connectivity index (χ1v) is 9.45. The Kier molecular flexibility index (Phi) is 4.99. The van der Waals surface area contributed by atoms with Crippen molar-refractivity contribution in [3.8, 4) is 5.69 Å². The highest BCUT2D eigenvalue weighted by atomic mass is 16.4. The van der Waals surface area contributed by atoms with Gasteiger partial charge < -0.3 is 9.73 Å². The number of hydrogen-bond acceptors (Lipinski definition) is 4. The molecule has 0 atom stereocenters. The number of para-hydroxylation sites is 1. The molecule has 0 unspecified atom stereocenters. The van der Waals surface area contributed by atoms with Crippen molar-refractivity contribution in [1.29, 1.82) is 0 Å². The number of nitrogens with zero attached hydrogens (tertiary/aromatic N) is 2. The minimum absolute atomic E-state index is 0.161. The fraction of sp³-hybridized carbons (Fsp3) is 0.174. The third-order valence-corrected chi connectivity index (χ3v) is 4.75. The Hall–Kier alpha value is -3.67. The van der Waals surface area contributed by atoms with Crippen LogP contribution in [0.3, 0.4) is 0 Å². The Balaban J connectivity index is 1.40. The van der Waals surface area contributed by atoms with Gasteiger partial charge in [-0.1, -0.05) is 30.3 Å². The third kappa shape index (κ3) is 4.11. The molecule has 29 heavy (non-hydrogen) atoms. The zero-order valence-corrected chi connectivity index (χ0v) is 16.3. The van der Waals surface area contributed by atoms with E-state index in [-0.39, 0.29) is 18.0 Å². The number of benzene rings is 2. The first-order chi connectivity index (χ1) is 14.0. The van der Waals surface area contributed by atoms with Crippen LogP contribution in [0.25, 0.3) is 16.7 Å². The SMILES string of the molecule is Cc1cc(C)n(-c2ccc(CCC(=O)Nc3cc4ccccc4oc3=O)cc2)n1. The highest BCUT2D eigenvalue weighted by molar-refractivity contribution is 5.92. The van der Waals surface area contributed by atoms with E-state index < -0.39 is 5.63 Å². The molecule has 0 aliphatic rings. The fourth-order valence-electron chi connectivity index (χ4n) is 3.31. The summed E-state index contributed by atoms with van der Waals surface area (Å²) in [5, 5.41) is 7.90. The second kappa shape index (κ2) is 7.75. The van der Waals surface area contributed by atoms with E-state index in [0.717, 1.165) is 28.0 Å². The number of anilines is 1. The third-order valence-electron chi connectivity index (χ3n) is 4.75. The number of amides is 1. The van der Waals surface area contributed by atoms with Gasteiger partial charge in [-0.05, 0) is 56.2 Å². The summed E-state index contributed by atoms with van der Waals surface area (Å²) in [4.78, 5) is 24.4. The number of fused-ring (bicyclic) bond motifs is 1. The Bertz CT molecular complexity index is 1240. The average Bonchev–Trinajstić information content (AvgIpc) is 3.05. The summed E-state index contributed by atoms with van der Waals surface area (Å²) < 4.78 is 7.14. The summed E-state index contributed by atoms with van der Waals surface area (Å²) in [5.74, 6) is -0.227. The van der Waals surface area contributed by atoms with Gasteiger partial charge in [0.1, 0.15) is 11.3 Å². The molecule has 146 valence electrons. The van der Waals surface area contributed by atoms with Gasteiger partial charge in [-0.15, -0.1) is 0 Å². The highest BCUT2D eigenvalue weighted by Gasteiger charge is 2.10. The lowest BCUT2D eigenvalue weighted by Gasteiger charge is -2.07. The Morgan fingerprint density at radius 3 is 2.55 bits per heavy atom. The van der Waals surface area contributed by atoms with Gasteiger partial charge in [-0.25, -0.2) is 9.48 Å². The number of carbonyl (C=O) groups excluding carboxylic acids is 1. The van der Waals surface area contributed by atoms with E-state index in [0.29, 0.717) is 12.0 Å². The molecule has 0 spiro atoms. The predicted octanol–water partition coefficient (Wildman–Crippen LogP) is 4.17. The minimum Gasteiger partial charge on any atom is -0.421 e. The van der Waals surface area contributed by atoms with E-state index in [9.17, 15) is 9.59 Å². The maximum absolute atomic E-state index is 12.3.